The van der Waals surface area contributed by atoms with Gasteiger partial charge in [-0.3, -0.25) is 14.9 Å². The number of unbranched alkanes of at least 4 members (excludes halogenated alkanes) is 12. The maximum atomic E-state index is 11.1. The third kappa shape index (κ3) is 17.0. The molecule has 0 fully saturated rings. The van der Waals surface area contributed by atoms with Gasteiger partial charge in [0.25, 0.3) is 6.54 Å². The largest absolute Gasteiger partial charge is 0.292 e. The first kappa shape index (κ1) is 20.1. The summed E-state index contributed by atoms with van der Waals surface area (Å²) in [6.07, 6.45) is 16.8. The summed E-state index contributed by atoms with van der Waals surface area (Å²) < 4.78 is 0. The molecule has 0 aliphatic carbocycles. The van der Waals surface area contributed by atoms with Gasteiger partial charge in [0, 0.05) is 11.3 Å². The second-order valence-corrected chi connectivity index (χ2v) is 6.02. The molecular formula is C17H33NO3. The van der Waals surface area contributed by atoms with Crippen LogP contribution in [0.3, 0.4) is 0 Å². The van der Waals surface area contributed by atoms with E-state index in [9.17, 15) is 14.9 Å². The predicted molar refractivity (Wildman–Crippen MR) is 87.2 cm³/mol. The van der Waals surface area contributed by atoms with E-state index in [0.29, 0.717) is 6.42 Å². The van der Waals surface area contributed by atoms with Gasteiger partial charge in [0.05, 0.1) is 0 Å². The van der Waals surface area contributed by atoms with E-state index in [2.05, 4.69) is 6.92 Å². The normalized spacial score (nSPS) is 10.7. The van der Waals surface area contributed by atoms with Crippen molar-refractivity contribution in [1.82, 2.24) is 0 Å². The highest BCUT2D eigenvalue weighted by Crippen LogP contribution is 2.12. The summed E-state index contributed by atoms with van der Waals surface area (Å²) in [4.78, 5) is 20.7. The lowest BCUT2D eigenvalue weighted by Crippen LogP contribution is -2.12. The molecule has 124 valence electrons. The summed E-state index contributed by atoms with van der Waals surface area (Å²) in [7, 11) is 0. The zero-order valence-electron chi connectivity index (χ0n) is 13.8. The summed E-state index contributed by atoms with van der Waals surface area (Å²) in [5, 5.41) is 10.1. The van der Waals surface area contributed by atoms with Gasteiger partial charge in [0.1, 0.15) is 0 Å². The van der Waals surface area contributed by atoms with Gasteiger partial charge in [0.2, 0.25) is 5.78 Å². The van der Waals surface area contributed by atoms with Crippen molar-refractivity contribution in [3.8, 4) is 0 Å². The Hall–Kier alpha value is -0.930. The van der Waals surface area contributed by atoms with Crippen molar-refractivity contribution >= 4 is 5.78 Å². The number of nitrogens with zero attached hydrogens (tertiary/aromatic N) is 1. The Morgan fingerprint density at radius 3 is 1.52 bits per heavy atom. The van der Waals surface area contributed by atoms with Crippen LogP contribution >= 0.6 is 0 Å². The number of carbonyl (C=O) groups is 1. The van der Waals surface area contributed by atoms with Crippen molar-refractivity contribution in [1.29, 1.82) is 0 Å². The first-order valence-electron chi connectivity index (χ1n) is 8.80. The molecule has 0 heterocycles. The van der Waals surface area contributed by atoms with Crippen LogP contribution in [0.15, 0.2) is 0 Å². The molecule has 0 aliphatic rings. The molecule has 4 heteroatoms. The van der Waals surface area contributed by atoms with Gasteiger partial charge in [-0.15, -0.1) is 0 Å². The van der Waals surface area contributed by atoms with E-state index in [1.54, 1.807) is 0 Å². The summed E-state index contributed by atoms with van der Waals surface area (Å²) in [5.74, 6) is -0.233. The molecule has 4 nitrogen and oxygen atoms in total. The van der Waals surface area contributed by atoms with Crippen molar-refractivity contribution in [3.63, 3.8) is 0 Å². The first-order chi connectivity index (χ1) is 10.2. The second-order valence-electron chi connectivity index (χ2n) is 6.02. The van der Waals surface area contributed by atoms with E-state index in [0.717, 1.165) is 19.3 Å². The third-order valence-corrected chi connectivity index (χ3v) is 3.86. The van der Waals surface area contributed by atoms with Gasteiger partial charge in [-0.05, 0) is 6.42 Å². The Morgan fingerprint density at radius 2 is 1.14 bits per heavy atom. The van der Waals surface area contributed by atoms with E-state index in [-0.39, 0.29) is 5.78 Å². The smallest absolute Gasteiger partial charge is 0.261 e. The fraction of sp³-hybridized carbons (Fsp3) is 0.941. The molecular weight excluding hydrogens is 266 g/mol. The topological polar surface area (TPSA) is 60.2 Å². The zero-order valence-corrected chi connectivity index (χ0v) is 13.8. The molecule has 0 unspecified atom stereocenters. The third-order valence-electron chi connectivity index (χ3n) is 3.86. The van der Waals surface area contributed by atoms with Gasteiger partial charge < -0.3 is 0 Å². The van der Waals surface area contributed by atoms with Crippen molar-refractivity contribution in [3.05, 3.63) is 10.1 Å². The van der Waals surface area contributed by atoms with Crippen molar-refractivity contribution in [2.45, 2.75) is 96.8 Å². The minimum atomic E-state index is -0.537. The minimum absolute atomic E-state index is 0.233. The summed E-state index contributed by atoms with van der Waals surface area (Å²) in [6, 6.07) is 0. The highest BCUT2D eigenvalue weighted by atomic mass is 16.6. The van der Waals surface area contributed by atoms with Crippen LogP contribution in [0, 0.1) is 10.1 Å². The van der Waals surface area contributed by atoms with Gasteiger partial charge in [-0.25, -0.2) is 0 Å². The number of nitro groups is 1. The van der Waals surface area contributed by atoms with Gasteiger partial charge in [-0.2, -0.15) is 0 Å². The minimum Gasteiger partial charge on any atom is -0.292 e. The Balaban J connectivity index is 3.09. The molecule has 0 aliphatic heterocycles. The highest BCUT2D eigenvalue weighted by molar-refractivity contribution is 5.79. The molecule has 0 amide bonds. The molecule has 0 aromatic carbocycles. The maximum absolute atomic E-state index is 11.1. The highest BCUT2D eigenvalue weighted by Gasteiger charge is 2.08. The molecule has 0 spiro atoms. The van der Waals surface area contributed by atoms with Crippen LogP contribution in [-0.4, -0.2) is 17.3 Å². The van der Waals surface area contributed by atoms with Gasteiger partial charge in [-0.1, -0.05) is 84.0 Å². The van der Waals surface area contributed by atoms with E-state index < -0.39 is 11.5 Å². The quantitative estimate of drug-likeness (QED) is 0.220. The fourth-order valence-corrected chi connectivity index (χ4v) is 2.56. The van der Waals surface area contributed by atoms with Crippen molar-refractivity contribution < 1.29 is 9.72 Å². The van der Waals surface area contributed by atoms with Crippen LogP contribution in [0.5, 0.6) is 0 Å². The number of hydrogen-bond acceptors (Lipinski definition) is 3. The number of rotatable bonds is 16. The van der Waals surface area contributed by atoms with Crippen molar-refractivity contribution in [2.24, 2.45) is 0 Å². The molecule has 0 rings (SSSR count). The Morgan fingerprint density at radius 1 is 0.762 bits per heavy atom. The number of hydrogen-bond donors (Lipinski definition) is 0. The number of Topliss-reactive ketones (excluding diaryl/α,β-unsaturated/α-hetero) is 1. The van der Waals surface area contributed by atoms with Crippen LogP contribution in [0.4, 0.5) is 0 Å². The molecule has 0 N–H and O–H groups in total. The molecule has 0 aromatic heterocycles. The first-order valence-corrected chi connectivity index (χ1v) is 8.80. The molecule has 0 saturated heterocycles. The van der Waals surface area contributed by atoms with E-state index in [4.69, 9.17) is 0 Å². The van der Waals surface area contributed by atoms with Crippen LogP contribution in [0.25, 0.3) is 0 Å². The molecule has 0 radical (unpaired) electrons. The number of ketones is 1. The van der Waals surface area contributed by atoms with E-state index in [1.165, 1.54) is 64.2 Å². The predicted octanol–water partition coefficient (Wildman–Crippen LogP) is 5.31. The second kappa shape index (κ2) is 15.5. The van der Waals surface area contributed by atoms with Crippen LogP contribution < -0.4 is 0 Å². The fourth-order valence-electron chi connectivity index (χ4n) is 2.56. The molecule has 21 heavy (non-hydrogen) atoms. The molecule has 0 bridgehead atoms. The van der Waals surface area contributed by atoms with E-state index >= 15 is 0 Å². The molecule has 0 saturated carbocycles. The standard InChI is InChI=1S/C17H33NO3/c1-2-3-4-5-6-7-8-9-10-11-12-13-14-15-17(19)16-18(20)21/h2-16H2,1H3. The zero-order chi connectivity index (χ0) is 15.8. The van der Waals surface area contributed by atoms with E-state index in [1.807, 2.05) is 0 Å². The van der Waals surface area contributed by atoms with Gasteiger partial charge in [0.15, 0.2) is 0 Å². The van der Waals surface area contributed by atoms with Gasteiger partial charge >= 0.3 is 0 Å². The Kier molecular flexibility index (Phi) is 14.8. The SMILES string of the molecule is CCCCCCCCCCCCCCCC(=O)C[N+](=O)[O-]. The van der Waals surface area contributed by atoms with Crippen LogP contribution in [0.2, 0.25) is 0 Å². The summed E-state index contributed by atoms with van der Waals surface area (Å²) in [6.45, 7) is 1.75. The van der Waals surface area contributed by atoms with Crippen LogP contribution in [0.1, 0.15) is 96.8 Å². The summed E-state index contributed by atoms with van der Waals surface area (Å²) >= 11 is 0. The average Bonchev–Trinajstić information content (AvgIpc) is 2.43. The monoisotopic (exact) mass is 299 g/mol. The lowest BCUT2D eigenvalue weighted by atomic mass is 10.0. The maximum Gasteiger partial charge on any atom is 0.261 e. The lowest BCUT2D eigenvalue weighted by Gasteiger charge is -2.02. The number of carbonyl (C=O) groups excluding carboxylic acids is 1. The summed E-state index contributed by atoms with van der Waals surface area (Å²) in [5.41, 5.74) is 0. The molecule has 0 aromatic rings. The van der Waals surface area contributed by atoms with Crippen LogP contribution in [-0.2, 0) is 4.79 Å². The Labute approximate surface area is 129 Å². The molecule has 0 atom stereocenters. The Bertz CT molecular complexity index is 267. The average molecular weight is 299 g/mol. The lowest BCUT2D eigenvalue weighted by molar-refractivity contribution is -0.467. The van der Waals surface area contributed by atoms with Crippen molar-refractivity contribution in [2.75, 3.05) is 6.54 Å².